The Bertz CT molecular complexity index is 767. The zero-order valence-corrected chi connectivity index (χ0v) is 12.9. The smallest absolute Gasteiger partial charge is 0.225 e. The standard InChI is InChI=1S/C16H16N2O3S/c1-13(18-22(19,20)12-11-17)15-9-5-6-10-16(15)21-14-7-3-2-4-8-14/h2-10,13,18H,12H2,1H3. The highest BCUT2D eigenvalue weighted by Crippen LogP contribution is 2.29. The van der Waals surface area contributed by atoms with Crippen molar-refractivity contribution in [3.8, 4) is 17.6 Å². The molecule has 1 N–H and O–H groups in total. The average Bonchev–Trinajstić information content (AvgIpc) is 2.48. The normalized spacial score (nSPS) is 12.4. The molecular weight excluding hydrogens is 300 g/mol. The van der Waals surface area contributed by atoms with Crippen LogP contribution in [0, 0.1) is 11.3 Å². The number of rotatable bonds is 6. The summed E-state index contributed by atoms with van der Waals surface area (Å²) < 4.78 is 31.7. The Kier molecular flexibility index (Phi) is 5.15. The lowest BCUT2D eigenvalue weighted by molar-refractivity contribution is 0.469. The van der Waals surface area contributed by atoms with E-state index in [1.54, 1.807) is 25.1 Å². The summed E-state index contributed by atoms with van der Waals surface area (Å²) in [7, 11) is -3.64. The van der Waals surface area contributed by atoms with Gasteiger partial charge in [0.05, 0.1) is 6.07 Å². The van der Waals surface area contributed by atoms with E-state index in [1.165, 1.54) is 0 Å². The zero-order valence-electron chi connectivity index (χ0n) is 12.1. The van der Waals surface area contributed by atoms with Crippen LogP contribution in [0.15, 0.2) is 54.6 Å². The highest BCUT2D eigenvalue weighted by molar-refractivity contribution is 7.89. The molecule has 0 saturated carbocycles. The molecule has 22 heavy (non-hydrogen) atoms. The van der Waals surface area contributed by atoms with E-state index in [2.05, 4.69) is 4.72 Å². The van der Waals surface area contributed by atoms with Crippen LogP contribution in [0.5, 0.6) is 11.5 Å². The van der Waals surface area contributed by atoms with Gasteiger partial charge in [-0.25, -0.2) is 13.1 Å². The molecule has 5 nitrogen and oxygen atoms in total. The van der Waals surface area contributed by atoms with E-state index < -0.39 is 21.8 Å². The number of nitrogens with one attached hydrogen (secondary N) is 1. The van der Waals surface area contributed by atoms with Crippen LogP contribution in [0.2, 0.25) is 0 Å². The van der Waals surface area contributed by atoms with Gasteiger partial charge in [0, 0.05) is 11.6 Å². The van der Waals surface area contributed by atoms with Gasteiger partial charge in [0.15, 0.2) is 5.75 Å². The van der Waals surface area contributed by atoms with Gasteiger partial charge in [0.1, 0.15) is 11.5 Å². The Morgan fingerprint density at radius 2 is 1.77 bits per heavy atom. The molecule has 0 bridgehead atoms. The molecule has 0 aliphatic rings. The van der Waals surface area contributed by atoms with Gasteiger partial charge in [-0.3, -0.25) is 0 Å². The number of para-hydroxylation sites is 2. The first-order valence-electron chi connectivity index (χ1n) is 6.70. The van der Waals surface area contributed by atoms with Crippen LogP contribution in [0.3, 0.4) is 0 Å². The Balaban J connectivity index is 2.23. The third-order valence-corrected chi connectivity index (χ3v) is 4.19. The highest BCUT2D eigenvalue weighted by Gasteiger charge is 2.18. The number of sulfonamides is 1. The maximum absolute atomic E-state index is 11.7. The molecule has 0 aromatic heterocycles. The monoisotopic (exact) mass is 316 g/mol. The molecule has 2 aromatic rings. The molecule has 0 fully saturated rings. The fourth-order valence-electron chi connectivity index (χ4n) is 2.01. The van der Waals surface area contributed by atoms with Gasteiger partial charge in [0.25, 0.3) is 0 Å². The first kappa shape index (κ1) is 16.0. The quantitative estimate of drug-likeness (QED) is 0.888. The van der Waals surface area contributed by atoms with E-state index in [9.17, 15) is 8.42 Å². The Hall–Kier alpha value is -2.36. The topological polar surface area (TPSA) is 79.2 Å². The molecule has 0 spiro atoms. The highest BCUT2D eigenvalue weighted by atomic mass is 32.2. The minimum atomic E-state index is -3.64. The minimum Gasteiger partial charge on any atom is -0.457 e. The van der Waals surface area contributed by atoms with Crippen molar-refractivity contribution in [2.24, 2.45) is 0 Å². The van der Waals surface area contributed by atoms with Crippen molar-refractivity contribution in [1.82, 2.24) is 4.72 Å². The maximum atomic E-state index is 11.7. The number of hydrogen-bond donors (Lipinski definition) is 1. The van der Waals surface area contributed by atoms with Crippen molar-refractivity contribution < 1.29 is 13.2 Å². The van der Waals surface area contributed by atoms with Crippen LogP contribution < -0.4 is 9.46 Å². The van der Waals surface area contributed by atoms with Gasteiger partial charge in [-0.15, -0.1) is 0 Å². The summed E-state index contributed by atoms with van der Waals surface area (Å²) >= 11 is 0. The van der Waals surface area contributed by atoms with Crippen LogP contribution in [-0.4, -0.2) is 14.2 Å². The zero-order chi connectivity index (χ0) is 16.0. The van der Waals surface area contributed by atoms with Crippen molar-refractivity contribution in [2.45, 2.75) is 13.0 Å². The van der Waals surface area contributed by atoms with Crippen LogP contribution in [0.4, 0.5) is 0 Å². The molecular formula is C16H16N2O3S. The molecule has 2 rings (SSSR count). The molecule has 0 saturated heterocycles. The van der Waals surface area contributed by atoms with Crippen LogP contribution in [-0.2, 0) is 10.0 Å². The second-order valence-corrected chi connectivity index (χ2v) is 6.46. The molecule has 2 aromatic carbocycles. The maximum Gasteiger partial charge on any atom is 0.225 e. The average molecular weight is 316 g/mol. The number of nitriles is 1. The third kappa shape index (κ3) is 4.32. The summed E-state index contributed by atoms with van der Waals surface area (Å²) in [4.78, 5) is 0. The van der Waals surface area contributed by atoms with E-state index in [4.69, 9.17) is 10.00 Å². The van der Waals surface area contributed by atoms with Crippen LogP contribution in [0.25, 0.3) is 0 Å². The SMILES string of the molecule is CC(NS(=O)(=O)CC#N)c1ccccc1Oc1ccccc1. The molecule has 0 heterocycles. The van der Waals surface area contributed by atoms with Gasteiger partial charge in [0.2, 0.25) is 10.0 Å². The predicted octanol–water partition coefficient (Wildman–Crippen LogP) is 2.98. The molecule has 114 valence electrons. The summed E-state index contributed by atoms with van der Waals surface area (Å²) in [6.45, 7) is 1.71. The minimum absolute atomic E-state index is 0.502. The van der Waals surface area contributed by atoms with E-state index in [0.29, 0.717) is 17.1 Å². The number of ether oxygens (including phenoxy) is 1. The Morgan fingerprint density at radius 1 is 1.14 bits per heavy atom. The summed E-state index contributed by atoms with van der Waals surface area (Å²) in [6, 6.07) is 17.6. The lowest BCUT2D eigenvalue weighted by Gasteiger charge is -2.17. The molecule has 1 unspecified atom stereocenters. The van der Waals surface area contributed by atoms with Gasteiger partial charge in [-0.1, -0.05) is 36.4 Å². The van der Waals surface area contributed by atoms with Crippen molar-refractivity contribution in [3.63, 3.8) is 0 Å². The summed E-state index contributed by atoms with van der Waals surface area (Å²) in [5.74, 6) is 0.668. The molecule has 0 aliphatic carbocycles. The second kappa shape index (κ2) is 7.07. The molecule has 0 amide bonds. The molecule has 1 atom stereocenters. The summed E-state index contributed by atoms with van der Waals surface area (Å²) in [5.41, 5.74) is 0.702. The Labute approximate surface area is 130 Å². The van der Waals surface area contributed by atoms with Gasteiger partial charge in [-0.2, -0.15) is 5.26 Å². The largest absolute Gasteiger partial charge is 0.457 e. The van der Waals surface area contributed by atoms with E-state index in [0.717, 1.165) is 0 Å². The van der Waals surface area contributed by atoms with Crippen molar-refractivity contribution in [3.05, 3.63) is 60.2 Å². The fraction of sp³-hybridized carbons (Fsp3) is 0.188. The van der Waals surface area contributed by atoms with Gasteiger partial charge >= 0.3 is 0 Å². The van der Waals surface area contributed by atoms with E-state index in [1.807, 2.05) is 42.5 Å². The molecule has 6 heteroatoms. The summed E-state index contributed by atoms with van der Waals surface area (Å²) in [6.07, 6.45) is 0. The molecule has 0 aliphatic heterocycles. The first-order chi connectivity index (χ1) is 10.5. The summed E-state index contributed by atoms with van der Waals surface area (Å²) in [5, 5.41) is 8.54. The lowest BCUT2D eigenvalue weighted by Crippen LogP contribution is -2.28. The fourth-order valence-corrected chi connectivity index (χ4v) is 2.93. The van der Waals surface area contributed by atoms with Crippen LogP contribution in [0.1, 0.15) is 18.5 Å². The number of benzene rings is 2. The number of nitrogens with zero attached hydrogens (tertiary/aromatic N) is 1. The Morgan fingerprint density at radius 3 is 2.45 bits per heavy atom. The van der Waals surface area contributed by atoms with E-state index >= 15 is 0 Å². The van der Waals surface area contributed by atoms with Crippen LogP contribution >= 0.6 is 0 Å². The van der Waals surface area contributed by atoms with E-state index in [-0.39, 0.29) is 0 Å². The predicted molar refractivity (Wildman–Crippen MR) is 83.9 cm³/mol. The van der Waals surface area contributed by atoms with Crippen molar-refractivity contribution in [2.75, 3.05) is 5.75 Å². The second-order valence-electron chi connectivity index (χ2n) is 4.71. The molecule has 0 radical (unpaired) electrons. The van der Waals surface area contributed by atoms with Crippen molar-refractivity contribution >= 4 is 10.0 Å². The first-order valence-corrected chi connectivity index (χ1v) is 8.36. The number of hydrogen-bond acceptors (Lipinski definition) is 4. The van der Waals surface area contributed by atoms with Gasteiger partial charge in [-0.05, 0) is 25.1 Å². The van der Waals surface area contributed by atoms with Gasteiger partial charge < -0.3 is 4.74 Å². The lowest BCUT2D eigenvalue weighted by atomic mass is 10.1. The van der Waals surface area contributed by atoms with Crippen molar-refractivity contribution in [1.29, 1.82) is 5.26 Å². The third-order valence-electron chi connectivity index (χ3n) is 2.97.